The van der Waals surface area contributed by atoms with Crippen LogP contribution in [-0.2, 0) is 23.1 Å². The van der Waals surface area contributed by atoms with Crippen molar-refractivity contribution in [2.75, 3.05) is 0 Å². The molecule has 17 heavy (non-hydrogen) atoms. The Bertz CT molecular complexity index is 434. The maximum absolute atomic E-state index is 11.5. The number of aromatic amines is 1. The number of nitrogens with one attached hydrogen (secondary N) is 1. The number of fused-ring (bicyclic) bond motifs is 1. The summed E-state index contributed by atoms with van der Waals surface area (Å²) in [5.74, 6) is -0.738. The fourth-order valence-electron chi connectivity index (χ4n) is 3.21. The number of hydrogen-bond donors (Lipinski definition) is 3. The second kappa shape index (κ2) is 3.60. The summed E-state index contributed by atoms with van der Waals surface area (Å²) in [6.45, 7) is 0. The van der Waals surface area contributed by atoms with Crippen LogP contribution in [0.25, 0.3) is 0 Å². The van der Waals surface area contributed by atoms with Gasteiger partial charge in [-0.25, -0.2) is 0 Å². The lowest BCUT2D eigenvalue weighted by Crippen LogP contribution is -2.54. The van der Waals surface area contributed by atoms with Gasteiger partial charge in [-0.05, 0) is 50.2 Å². The normalized spacial score (nSPS) is 31.7. The van der Waals surface area contributed by atoms with Crippen molar-refractivity contribution in [2.24, 2.45) is 5.73 Å². The highest BCUT2D eigenvalue weighted by molar-refractivity contribution is 5.82. The Balaban J connectivity index is 1.97. The van der Waals surface area contributed by atoms with Gasteiger partial charge in [-0.1, -0.05) is 0 Å². The smallest absolute Gasteiger partial charge is 0.315 e. The molecule has 4 nitrogen and oxygen atoms in total. The third kappa shape index (κ3) is 1.51. The third-order valence-corrected chi connectivity index (χ3v) is 4.26. The zero-order valence-corrected chi connectivity index (χ0v) is 9.83. The molecule has 4 N–H and O–H groups in total. The monoisotopic (exact) mass is 234 g/mol. The van der Waals surface area contributed by atoms with Crippen molar-refractivity contribution < 1.29 is 9.90 Å². The van der Waals surface area contributed by atoms with Gasteiger partial charge in [0.2, 0.25) is 0 Å². The van der Waals surface area contributed by atoms with Crippen molar-refractivity contribution >= 4 is 5.97 Å². The summed E-state index contributed by atoms with van der Waals surface area (Å²) < 4.78 is 0. The summed E-state index contributed by atoms with van der Waals surface area (Å²) in [7, 11) is 0. The van der Waals surface area contributed by atoms with E-state index in [4.69, 9.17) is 5.73 Å². The van der Waals surface area contributed by atoms with E-state index < -0.39 is 11.4 Å². The van der Waals surface area contributed by atoms with E-state index >= 15 is 0 Å². The van der Waals surface area contributed by atoms with Gasteiger partial charge in [-0.15, -0.1) is 0 Å². The van der Waals surface area contributed by atoms with Crippen molar-refractivity contribution in [1.29, 1.82) is 0 Å². The summed E-state index contributed by atoms with van der Waals surface area (Å²) in [5, 5.41) is 9.44. The molecule has 0 radical (unpaired) electrons. The van der Waals surface area contributed by atoms with Crippen LogP contribution in [0, 0.1) is 0 Å². The van der Waals surface area contributed by atoms with E-state index in [0.29, 0.717) is 12.8 Å². The van der Waals surface area contributed by atoms with Gasteiger partial charge in [0.15, 0.2) is 0 Å². The first kappa shape index (κ1) is 10.8. The van der Waals surface area contributed by atoms with Crippen LogP contribution in [-0.4, -0.2) is 22.1 Å². The number of rotatable bonds is 2. The SMILES string of the molecule is NC1CC(C(=O)O)(c2cc3c([nH]2)CCCC3)C1. The number of aliphatic carboxylic acids is 1. The minimum Gasteiger partial charge on any atom is -0.481 e. The van der Waals surface area contributed by atoms with Gasteiger partial charge in [0.05, 0.1) is 0 Å². The van der Waals surface area contributed by atoms with Crippen LogP contribution in [0.15, 0.2) is 6.07 Å². The summed E-state index contributed by atoms with van der Waals surface area (Å²) in [6, 6.07) is 2.10. The van der Waals surface area contributed by atoms with Crippen LogP contribution in [0.3, 0.4) is 0 Å². The maximum Gasteiger partial charge on any atom is 0.315 e. The lowest BCUT2D eigenvalue weighted by atomic mass is 9.64. The van der Waals surface area contributed by atoms with Crippen LogP contribution in [0.2, 0.25) is 0 Å². The molecule has 92 valence electrons. The third-order valence-electron chi connectivity index (χ3n) is 4.26. The molecule has 1 fully saturated rings. The first-order chi connectivity index (χ1) is 8.12. The Hall–Kier alpha value is -1.29. The molecule has 0 spiro atoms. The Morgan fingerprint density at radius 3 is 2.71 bits per heavy atom. The molecule has 2 aliphatic rings. The lowest BCUT2D eigenvalue weighted by Gasteiger charge is -2.41. The van der Waals surface area contributed by atoms with Gasteiger partial charge < -0.3 is 15.8 Å². The second-order valence-corrected chi connectivity index (χ2v) is 5.45. The van der Waals surface area contributed by atoms with Crippen LogP contribution in [0.5, 0.6) is 0 Å². The minimum atomic E-state index is -0.739. The number of nitrogens with two attached hydrogens (primary N) is 1. The van der Waals surface area contributed by atoms with E-state index in [0.717, 1.165) is 18.5 Å². The molecule has 1 aromatic rings. The van der Waals surface area contributed by atoms with Crippen LogP contribution < -0.4 is 5.73 Å². The average molecular weight is 234 g/mol. The number of H-pyrrole nitrogens is 1. The van der Waals surface area contributed by atoms with E-state index in [1.807, 2.05) is 0 Å². The number of carbonyl (C=O) groups is 1. The van der Waals surface area contributed by atoms with Gasteiger partial charge in [0, 0.05) is 17.4 Å². The van der Waals surface area contributed by atoms with E-state index in [1.165, 1.54) is 24.1 Å². The highest BCUT2D eigenvalue weighted by Gasteiger charge is 2.51. The van der Waals surface area contributed by atoms with E-state index in [9.17, 15) is 9.90 Å². The van der Waals surface area contributed by atoms with Crippen molar-refractivity contribution in [3.05, 3.63) is 23.0 Å². The molecule has 1 aromatic heterocycles. The lowest BCUT2D eigenvalue weighted by molar-refractivity contribution is -0.148. The molecule has 1 heterocycles. The summed E-state index contributed by atoms with van der Waals surface area (Å²) in [5.41, 5.74) is 8.46. The molecular weight excluding hydrogens is 216 g/mol. The highest BCUT2D eigenvalue weighted by atomic mass is 16.4. The summed E-state index contributed by atoms with van der Waals surface area (Å²) in [6.07, 6.45) is 5.66. The predicted molar refractivity (Wildman–Crippen MR) is 64.0 cm³/mol. The average Bonchev–Trinajstić information content (AvgIpc) is 2.67. The molecule has 4 heteroatoms. The van der Waals surface area contributed by atoms with Crippen LogP contribution >= 0.6 is 0 Å². The number of carboxylic acids is 1. The van der Waals surface area contributed by atoms with Crippen molar-refractivity contribution in [1.82, 2.24) is 4.98 Å². The second-order valence-electron chi connectivity index (χ2n) is 5.45. The molecule has 0 bridgehead atoms. The molecule has 3 rings (SSSR count). The fraction of sp³-hybridized carbons (Fsp3) is 0.615. The number of aromatic nitrogens is 1. The standard InChI is InChI=1S/C13H18N2O2/c14-9-6-13(7-9,12(16)17)11-5-8-3-1-2-4-10(8)15-11/h5,9,15H,1-4,6-7,14H2,(H,16,17). The highest BCUT2D eigenvalue weighted by Crippen LogP contribution is 2.44. The summed E-state index contributed by atoms with van der Waals surface area (Å²) >= 11 is 0. The van der Waals surface area contributed by atoms with Gasteiger partial charge in [-0.2, -0.15) is 0 Å². The molecule has 1 saturated carbocycles. The van der Waals surface area contributed by atoms with Crippen molar-refractivity contribution in [2.45, 2.75) is 50.0 Å². The van der Waals surface area contributed by atoms with E-state index in [-0.39, 0.29) is 6.04 Å². The molecule has 0 saturated heterocycles. The number of aryl methyl sites for hydroxylation is 2. The zero-order valence-electron chi connectivity index (χ0n) is 9.83. The Kier molecular flexibility index (Phi) is 2.30. The van der Waals surface area contributed by atoms with Gasteiger partial charge in [0.1, 0.15) is 5.41 Å². The van der Waals surface area contributed by atoms with Crippen LogP contribution in [0.1, 0.15) is 42.6 Å². The largest absolute Gasteiger partial charge is 0.481 e. The predicted octanol–water partition coefficient (Wildman–Crippen LogP) is 1.34. The fourth-order valence-corrected chi connectivity index (χ4v) is 3.21. The molecule has 0 amide bonds. The number of hydrogen-bond acceptors (Lipinski definition) is 2. The van der Waals surface area contributed by atoms with Gasteiger partial charge >= 0.3 is 5.97 Å². The van der Waals surface area contributed by atoms with Crippen LogP contribution in [0.4, 0.5) is 0 Å². The van der Waals surface area contributed by atoms with E-state index in [1.54, 1.807) is 0 Å². The van der Waals surface area contributed by atoms with E-state index in [2.05, 4.69) is 11.1 Å². The molecule has 0 atom stereocenters. The maximum atomic E-state index is 11.5. The molecule has 0 aromatic carbocycles. The minimum absolute atomic E-state index is 0.0337. The summed E-state index contributed by atoms with van der Waals surface area (Å²) in [4.78, 5) is 14.8. The molecule has 0 aliphatic heterocycles. The first-order valence-electron chi connectivity index (χ1n) is 6.32. The van der Waals surface area contributed by atoms with Gasteiger partial charge in [-0.3, -0.25) is 4.79 Å². The first-order valence-corrected chi connectivity index (χ1v) is 6.32. The topological polar surface area (TPSA) is 79.1 Å². The quantitative estimate of drug-likeness (QED) is 0.722. The van der Waals surface area contributed by atoms with Gasteiger partial charge in [0.25, 0.3) is 0 Å². The molecule has 2 aliphatic carbocycles. The zero-order chi connectivity index (χ0) is 12.0. The van der Waals surface area contributed by atoms with Crippen molar-refractivity contribution in [3.63, 3.8) is 0 Å². The Morgan fingerprint density at radius 1 is 1.41 bits per heavy atom. The Labute approximate surface area is 100 Å². The molecule has 0 unspecified atom stereocenters. The Morgan fingerprint density at radius 2 is 2.12 bits per heavy atom. The molecular formula is C13H18N2O2. The van der Waals surface area contributed by atoms with Crippen molar-refractivity contribution in [3.8, 4) is 0 Å². The number of carboxylic acid groups (broad SMARTS) is 1.